The molecule has 0 saturated heterocycles. The number of amides is 2. The third-order valence-corrected chi connectivity index (χ3v) is 6.80. The number of nitrogens with zero attached hydrogens (tertiary/aromatic N) is 3. The molecular formula is C29H38N6O2. The van der Waals surface area contributed by atoms with E-state index in [1.54, 1.807) is 24.3 Å². The monoisotopic (exact) mass is 502 g/mol. The molecular weight excluding hydrogens is 464 g/mol. The fourth-order valence-corrected chi connectivity index (χ4v) is 4.55. The fraction of sp³-hybridized carbons (Fsp3) is 0.448. The molecule has 1 aliphatic carbocycles. The van der Waals surface area contributed by atoms with Crippen LogP contribution in [0.1, 0.15) is 56.8 Å². The minimum absolute atomic E-state index is 0.0811. The Morgan fingerprint density at radius 3 is 2.41 bits per heavy atom. The largest absolute Gasteiger partial charge is 0.362 e. The van der Waals surface area contributed by atoms with Crippen molar-refractivity contribution in [2.24, 2.45) is 11.3 Å². The molecule has 2 amide bonds. The summed E-state index contributed by atoms with van der Waals surface area (Å²) in [6.07, 6.45) is 4.05. The van der Waals surface area contributed by atoms with Crippen LogP contribution in [0, 0.1) is 11.3 Å². The smallest absolute Gasteiger partial charge is 0.251 e. The normalized spacial score (nSPS) is 17.8. The highest BCUT2D eigenvalue weighted by molar-refractivity contribution is 5.98. The minimum atomic E-state index is -0.499. The highest BCUT2D eigenvalue weighted by Crippen LogP contribution is 2.28. The summed E-state index contributed by atoms with van der Waals surface area (Å²) in [6, 6.07) is 15.5. The Kier molecular flexibility index (Phi) is 7.95. The zero-order valence-electron chi connectivity index (χ0n) is 22.5. The zero-order chi connectivity index (χ0) is 26.6. The Labute approximate surface area is 219 Å². The van der Waals surface area contributed by atoms with Gasteiger partial charge in [-0.05, 0) is 61.9 Å². The maximum Gasteiger partial charge on any atom is 0.251 e. The number of para-hydroxylation sites is 1. The standard InChI is InChI=1S/C29H38N6O2/c1-29(2,3)27(37)31-22-10-8-9-20(17-22)26(36)30-18-19-13-15-21(16-14-19)32-28-33-24-12-7-6-11-23(24)25(34-28)35(4)5/h6-12,17,19,21H,13-16,18H2,1-5H3,(H,30,36)(H,31,37)(H,32,33,34). The second kappa shape index (κ2) is 11.2. The van der Waals surface area contributed by atoms with Gasteiger partial charge in [-0.2, -0.15) is 4.98 Å². The lowest BCUT2D eigenvalue weighted by Gasteiger charge is -2.29. The van der Waals surface area contributed by atoms with Crippen molar-refractivity contribution in [2.75, 3.05) is 36.2 Å². The molecule has 0 unspecified atom stereocenters. The lowest BCUT2D eigenvalue weighted by molar-refractivity contribution is -0.123. The van der Waals surface area contributed by atoms with E-state index in [0.29, 0.717) is 35.7 Å². The molecule has 0 radical (unpaired) electrons. The molecule has 1 heterocycles. The van der Waals surface area contributed by atoms with Crippen LogP contribution in [0.15, 0.2) is 48.5 Å². The van der Waals surface area contributed by atoms with E-state index in [0.717, 1.165) is 42.4 Å². The fourth-order valence-electron chi connectivity index (χ4n) is 4.55. The van der Waals surface area contributed by atoms with Crippen molar-refractivity contribution >= 4 is 40.2 Å². The first-order valence-corrected chi connectivity index (χ1v) is 13.0. The highest BCUT2D eigenvalue weighted by Gasteiger charge is 2.24. The van der Waals surface area contributed by atoms with Gasteiger partial charge in [-0.1, -0.05) is 39.0 Å². The van der Waals surface area contributed by atoms with Gasteiger partial charge in [0.25, 0.3) is 5.91 Å². The first kappa shape index (κ1) is 26.4. The average molecular weight is 503 g/mol. The van der Waals surface area contributed by atoms with Crippen LogP contribution >= 0.6 is 0 Å². The lowest BCUT2D eigenvalue weighted by Crippen LogP contribution is -2.34. The van der Waals surface area contributed by atoms with E-state index in [1.807, 2.05) is 64.0 Å². The molecule has 0 spiro atoms. The summed E-state index contributed by atoms with van der Waals surface area (Å²) in [7, 11) is 3.99. The molecule has 0 bridgehead atoms. The van der Waals surface area contributed by atoms with E-state index in [4.69, 9.17) is 9.97 Å². The Morgan fingerprint density at radius 1 is 0.973 bits per heavy atom. The summed E-state index contributed by atoms with van der Waals surface area (Å²) in [6.45, 7) is 6.22. The number of rotatable bonds is 7. The third-order valence-electron chi connectivity index (χ3n) is 6.80. The maximum absolute atomic E-state index is 12.8. The van der Waals surface area contributed by atoms with Crippen LogP contribution in [0.3, 0.4) is 0 Å². The molecule has 1 aromatic heterocycles. The first-order valence-electron chi connectivity index (χ1n) is 13.0. The molecule has 1 fully saturated rings. The molecule has 8 nitrogen and oxygen atoms in total. The van der Waals surface area contributed by atoms with Crippen molar-refractivity contribution in [3.63, 3.8) is 0 Å². The van der Waals surface area contributed by atoms with Gasteiger partial charge in [-0.25, -0.2) is 4.98 Å². The number of carbonyl (C=O) groups excluding carboxylic acids is 2. The van der Waals surface area contributed by atoms with Crippen LogP contribution in [0.4, 0.5) is 17.5 Å². The van der Waals surface area contributed by atoms with E-state index in [2.05, 4.69) is 16.0 Å². The molecule has 0 atom stereocenters. The number of benzene rings is 2. The quantitative estimate of drug-likeness (QED) is 0.417. The van der Waals surface area contributed by atoms with Gasteiger partial charge in [0, 0.05) is 48.7 Å². The maximum atomic E-state index is 12.8. The Morgan fingerprint density at radius 2 is 1.70 bits per heavy atom. The van der Waals surface area contributed by atoms with Crippen LogP contribution in [0.5, 0.6) is 0 Å². The summed E-state index contributed by atoms with van der Waals surface area (Å²) in [5, 5.41) is 10.6. The topological polar surface area (TPSA) is 99.3 Å². The van der Waals surface area contributed by atoms with E-state index < -0.39 is 5.41 Å². The molecule has 196 valence electrons. The van der Waals surface area contributed by atoms with Gasteiger partial charge < -0.3 is 20.9 Å². The Hall–Kier alpha value is -3.68. The molecule has 1 aliphatic rings. The second-order valence-corrected chi connectivity index (χ2v) is 11.1. The molecule has 3 aromatic rings. The molecule has 0 aliphatic heterocycles. The van der Waals surface area contributed by atoms with Crippen LogP contribution in [0.25, 0.3) is 10.9 Å². The number of anilines is 3. The summed E-state index contributed by atoms with van der Waals surface area (Å²) in [5.74, 6) is 1.81. The van der Waals surface area contributed by atoms with Crippen LogP contribution in [0.2, 0.25) is 0 Å². The van der Waals surface area contributed by atoms with Crippen LogP contribution < -0.4 is 20.9 Å². The van der Waals surface area contributed by atoms with E-state index in [1.165, 1.54) is 0 Å². The summed E-state index contributed by atoms with van der Waals surface area (Å²) >= 11 is 0. The third kappa shape index (κ3) is 6.76. The minimum Gasteiger partial charge on any atom is -0.362 e. The van der Waals surface area contributed by atoms with Crippen molar-refractivity contribution in [3.8, 4) is 0 Å². The zero-order valence-corrected chi connectivity index (χ0v) is 22.5. The second-order valence-electron chi connectivity index (χ2n) is 11.1. The van der Waals surface area contributed by atoms with Gasteiger partial charge in [-0.3, -0.25) is 9.59 Å². The lowest BCUT2D eigenvalue weighted by atomic mass is 9.86. The number of carbonyl (C=O) groups is 2. The molecule has 3 N–H and O–H groups in total. The number of hydrogen-bond donors (Lipinski definition) is 3. The average Bonchev–Trinajstić information content (AvgIpc) is 2.87. The van der Waals surface area contributed by atoms with Crippen molar-refractivity contribution in [1.29, 1.82) is 0 Å². The van der Waals surface area contributed by atoms with Crippen LogP contribution in [-0.2, 0) is 4.79 Å². The summed E-state index contributed by atoms with van der Waals surface area (Å²) in [5.41, 5.74) is 1.61. The van der Waals surface area contributed by atoms with Gasteiger partial charge in [-0.15, -0.1) is 0 Å². The van der Waals surface area contributed by atoms with E-state index in [9.17, 15) is 9.59 Å². The highest BCUT2D eigenvalue weighted by atomic mass is 16.2. The number of nitrogens with one attached hydrogen (secondary N) is 3. The van der Waals surface area contributed by atoms with Gasteiger partial charge in [0.05, 0.1) is 5.52 Å². The van der Waals surface area contributed by atoms with E-state index in [-0.39, 0.29) is 11.8 Å². The van der Waals surface area contributed by atoms with Crippen molar-refractivity contribution in [1.82, 2.24) is 15.3 Å². The molecule has 2 aromatic carbocycles. The SMILES string of the molecule is CN(C)c1nc(NC2CCC(CNC(=O)c3cccc(NC(=O)C(C)(C)C)c3)CC2)nc2ccccc12. The molecule has 8 heteroatoms. The van der Waals surface area contributed by atoms with Gasteiger partial charge in [0.15, 0.2) is 0 Å². The molecule has 4 rings (SSSR count). The number of fused-ring (bicyclic) bond motifs is 1. The number of hydrogen-bond acceptors (Lipinski definition) is 6. The van der Waals surface area contributed by atoms with Gasteiger partial charge in [0.2, 0.25) is 11.9 Å². The predicted molar refractivity (Wildman–Crippen MR) is 150 cm³/mol. The molecule has 1 saturated carbocycles. The van der Waals surface area contributed by atoms with Crippen molar-refractivity contribution in [2.45, 2.75) is 52.5 Å². The first-order chi connectivity index (χ1) is 17.6. The molecule has 37 heavy (non-hydrogen) atoms. The van der Waals surface area contributed by atoms with E-state index >= 15 is 0 Å². The Balaban J connectivity index is 1.28. The Bertz CT molecular complexity index is 1260. The van der Waals surface area contributed by atoms with Crippen molar-refractivity contribution < 1.29 is 9.59 Å². The number of aromatic nitrogens is 2. The van der Waals surface area contributed by atoms with Gasteiger partial charge in [0.1, 0.15) is 5.82 Å². The summed E-state index contributed by atoms with van der Waals surface area (Å²) < 4.78 is 0. The van der Waals surface area contributed by atoms with Crippen molar-refractivity contribution in [3.05, 3.63) is 54.1 Å². The van der Waals surface area contributed by atoms with Crippen LogP contribution in [-0.4, -0.2) is 48.5 Å². The van der Waals surface area contributed by atoms with Gasteiger partial charge >= 0.3 is 0 Å². The summed E-state index contributed by atoms with van der Waals surface area (Å²) in [4.78, 5) is 36.5. The predicted octanol–water partition coefficient (Wildman–Crippen LogP) is 5.08.